The molecule has 1 aromatic carbocycles. The molecule has 0 saturated carbocycles. The van der Waals surface area contributed by atoms with Gasteiger partial charge in [0.25, 0.3) is 5.91 Å². The van der Waals surface area contributed by atoms with E-state index in [1.54, 1.807) is 24.3 Å². The molecule has 0 saturated heterocycles. The maximum absolute atomic E-state index is 12.6. The largest absolute Gasteiger partial charge is 0.481 e. The molecule has 4 rings (SSSR count). The van der Waals surface area contributed by atoms with Crippen LogP contribution in [0.2, 0.25) is 0 Å². The van der Waals surface area contributed by atoms with Crippen molar-refractivity contribution >= 4 is 11.9 Å². The zero-order chi connectivity index (χ0) is 18.8. The number of nitrogens with zero attached hydrogens (tertiary/aromatic N) is 5. The number of nitrogen functional groups attached to an aromatic ring is 1. The number of hydrogen-bond donors (Lipinski definition) is 2. The molecule has 3 aromatic rings. The summed E-state index contributed by atoms with van der Waals surface area (Å²) in [6, 6.07) is 8.82. The van der Waals surface area contributed by atoms with Gasteiger partial charge in [0.05, 0.1) is 19.3 Å². The Morgan fingerprint density at radius 2 is 2.19 bits per heavy atom. The fourth-order valence-corrected chi connectivity index (χ4v) is 3.12. The van der Waals surface area contributed by atoms with Crippen molar-refractivity contribution in [1.29, 1.82) is 0 Å². The van der Waals surface area contributed by atoms with Gasteiger partial charge in [-0.3, -0.25) is 4.79 Å². The number of ether oxygens (including phenoxy) is 1. The van der Waals surface area contributed by atoms with Crippen LogP contribution in [0, 0.1) is 0 Å². The van der Waals surface area contributed by atoms with Crippen molar-refractivity contribution in [1.82, 2.24) is 30.0 Å². The highest BCUT2D eigenvalue weighted by Gasteiger charge is 2.18. The minimum atomic E-state index is -0.193. The van der Waals surface area contributed by atoms with Gasteiger partial charge >= 0.3 is 0 Å². The average molecular weight is 365 g/mol. The number of nitrogens with two attached hydrogens (primary N) is 1. The van der Waals surface area contributed by atoms with Gasteiger partial charge in [0.15, 0.2) is 5.82 Å². The number of benzene rings is 1. The highest BCUT2D eigenvalue weighted by molar-refractivity contribution is 5.95. The summed E-state index contributed by atoms with van der Waals surface area (Å²) in [5, 5.41) is 11.2. The number of anilines is 1. The molecule has 1 amide bonds. The topological polar surface area (TPSA) is 121 Å². The van der Waals surface area contributed by atoms with E-state index in [1.165, 1.54) is 7.11 Å². The van der Waals surface area contributed by atoms with E-state index < -0.39 is 0 Å². The Balaban J connectivity index is 1.51. The number of aromatic nitrogens is 5. The van der Waals surface area contributed by atoms with E-state index in [1.807, 2.05) is 6.07 Å². The molecule has 0 aliphatic carbocycles. The lowest BCUT2D eigenvalue weighted by molar-refractivity contribution is 0.0949. The van der Waals surface area contributed by atoms with Crippen molar-refractivity contribution < 1.29 is 9.53 Å². The molecule has 3 heterocycles. The van der Waals surface area contributed by atoms with E-state index in [-0.39, 0.29) is 11.9 Å². The maximum atomic E-state index is 12.6. The lowest BCUT2D eigenvalue weighted by Gasteiger charge is -2.08. The van der Waals surface area contributed by atoms with E-state index in [0.717, 1.165) is 36.6 Å². The zero-order valence-corrected chi connectivity index (χ0v) is 14.8. The first-order valence-corrected chi connectivity index (χ1v) is 8.62. The number of carbonyl (C=O) groups is 1. The number of hydrogen-bond acceptors (Lipinski definition) is 7. The van der Waals surface area contributed by atoms with Gasteiger partial charge in [0, 0.05) is 30.2 Å². The molecule has 9 nitrogen and oxygen atoms in total. The van der Waals surface area contributed by atoms with E-state index in [4.69, 9.17) is 10.5 Å². The van der Waals surface area contributed by atoms with Gasteiger partial charge in [0.1, 0.15) is 5.82 Å². The fraction of sp³-hybridized carbons (Fsp3) is 0.278. The highest BCUT2D eigenvalue weighted by Crippen LogP contribution is 2.22. The molecular formula is C18H19N7O2. The first kappa shape index (κ1) is 17.0. The minimum Gasteiger partial charge on any atom is -0.481 e. The molecular weight excluding hydrogens is 346 g/mol. The molecule has 9 heteroatoms. The predicted octanol–water partition coefficient (Wildman–Crippen LogP) is 1.20. The number of fused-ring (bicyclic) bond motifs is 1. The molecule has 0 fully saturated rings. The number of methoxy groups -OCH3 is 1. The van der Waals surface area contributed by atoms with Gasteiger partial charge in [0.2, 0.25) is 11.8 Å². The Bertz CT molecular complexity index is 999. The second-order valence-electron chi connectivity index (χ2n) is 6.20. The van der Waals surface area contributed by atoms with Crippen LogP contribution < -0.4 is 15.8 Å². The average Bonchev–Trinajstić information content (AvgIpc) is 3.30. The number of aryl methyl sites for hydroxylation is 1. The normalized spacial score (nSPS) is 12.6. The Hall–Kier alpha value is -3.49. The number of nitrogens with one attached hydrogen (secondary N) is 1. The third-order valence-corrected chi connectivity index (χ3v) is 4.44. The van der Waals surface area contributed by atoms with Gasteiger partial charge in [-0.2, -0.15) is 4.98 Å². The second-order valence-corrected chi connectivity index (χ2v) is 6.20. The quantitative estimate of drug-likeness (QED) is 0.697. The SMILES string of the molecule is COc1cc(-c2cccc(C(=O)NCc3nnc4n3CCC4)c2)nc(N)n1. The highest BCUT2D eigenvalue weighted by atomic mass is 16.5. The third-order valence-electron chi connectivity index (χ3n) is 4.44. The van der Waals surface area contributed by atoms with Crippen LogP contribution in [0.25, 0.3) is 11.3 Å². The van der Waals surface area contributed by atoms with Gasteiger partial charge in [-0.15, -0.1) is 10.2 Å². The Morgan fingerprint density at radius 3 is 3.04 bits per heavy atom. The Kier molecular flexibility index (Phi) is 4.41. The summed E-state index contributed by atoms with van der Waals surface area (Å²) < 4.78 is 7.19. The van der Waals surface area contributed by atoms with Crippen LogP contribution in [-0.2, 0) is 19.5 Å². The molecule has 0 unspecified atom stereocenters. The van der Waals surface area contributed by atoms with Crippen LogP contribution in [0.1, 0.15) is 28.4 Å². The molecule has 3 N–H and O–H groups in total. The first-order valence-electron chi connectivity index (χ1n) is 8.62. The number of amides is 1. The number of rotatable bonds is 5. The second kappa shape index (κ2) is 7.02. The molecule has 0 atom stereocenters. The standard InChI is InChI=1S/C18H19N7O2/c1-27-16-9-13(21-18(19)22-16)11-4-2-5-12(8-11)17(26)20-10-15-24-23-14-6-3-7-25(14)15/h2,4-5,8-9H,3,6-7,10H2,1H3,(H,20,26)(H2,19,21,22). The lowest BCUT2D eigenvalue weighted by atomic mass is 10.1. The van der Waals surface area contributed by atoms with Crippen molar-refractivity contribution in [2.45, 2.75) is 25.9 Å². The van der Waals surface area contributed by atoms with Crippen LogP contribution in [0.3, 0.4) is 0 Å². The van der Waals surface area contributed by atoms with Crippen molar-refractivity contribution in [3.63, 3.8) is 0 Å². The molecule has 1 aliphatic rings. The van der Waals surface area contributed by atoms with Crippen LogP contribution in [0.4, 0.5) is 5.95 Å². The van der Waals surface area contributed by atoms with Crippen molar-refractivity contribution in [2.24, 2.45) is 0 Å². The van der Waals surface area contributed by atoms with Crippen LogP contribution in [-0.4, -0.2) is 37.7 Å². The molecule has 2 aromatic heterocycles. The van der Waals surface area contributed by atoms with Crippen LogP contribution >= 0.6 is 0 Å². The summed E-state index contributed by atoms with van der Waals surface area (Å²) in [5.41, 5.74) is 7.57. The Morgan fingerprint density at radius 1 is 1.30 bits per heavy atom. The third kappa shape index (κ3) is 3.43. The molecule has 27 heavy (non-hydrogen) atoms. The minimum absolute atomic E-state index is 0.111. The zero-order valence-electron chi connectivity index (χ0n) is 14.8. The molecule has 138 valence electrons. The molecule has 0 radical (unpaired) electrons. The van der Waals surface area contributed by atoms with E-state index in [9.17, 15) is 4.79 Å². The molecule has 0 spiro atoms. The predicted molar refractivity (Wildman–Crippen MR) is 97.9 cm³/mol. The summed E-state index contributed by atoms with van der Waals surface area (Å²) in [6.45, 7) is 1.24. The van der Waals surface area contributed by atoms with Crippen molar-refractivity contribution in [3.8, 4) is 17.1 Å². The summed E-state index contributed by atoms with van der Waals surface area (Å²) >= 11 is 0. The summed E-state index contributed by atoms with van der Waals surface area (Å²) in [6.07, 6.45) is 2.01. The number of carbonyl (C=O) groups excluding carboxylic acids is 1. The van der Waals surface area contributed by atoms with Crippen molar-refractivity contribution in [3.05, 3.63) is 47.5 Å². The van der Waals surface area contributed by atoms with Crippen molar-refractivity contribution in [2.75, 3.05) is 12.8 Å². The Labute approximate surface area is 155 Å². The lowest BCUT2D eigenvalue weighted by Crippen LogP contribution is -2.24. The molecule has 0 bridgehead atoms. The first-order chi connectivity index (χ1) is 13.1. The molecule has 1 aliphatic heterocycles. The van der Waals surface area contributed by atoms with Crippen LogP contribution in [0.15, 0.2) is 30.3 Å². The monoisotopic (exact) mass is 365 g/mol. The van der Waals surface area contributed by atoms with E-state index in [0.29, 0.717) is 23.7 Å². The summed E-state index contributed by atoms with van der Waals surface area (Å²) in [4.78, 5) is 20.7. The fourth-order valence-electron chi connectivity index (χ4n) is 3.12. The van der Waals surface area contributed by atoms with Gasteiger partial charge in [-0.25, -0.2) is 4.98 Å². The summed E-state index contributed by atoms with van der Waals surface area (Å²) in [5.74, 6) is 2.05. The van der Waals surface area contributed by atoms with E-state index in [2.05, 4.69) is 30.0 Å². The van der Waals surface area contributed by atoms with Gasteiger partial charge < -0.3 is 20.4 Å². The maximum Gasteiger partial charge on any atom is 0.251 e. The van der Waals surface area contributed by atoms with E-state index >= 15 is 0 Å². The summed E-state index contributed by atoms with van der Waals surface area (Å²) in [7, 11) is 1.51. The van der Waals surface area contributed by atoms with Crippen LogP contribution in [0.5, 0.6) is 5.88 Å². The van der Waals surface area contributed by atoms with Gasteiger partial charge in [-0.05, 0) is 18.6 Å². The smallest absolute Gasteiger partial charge is 0.251 e. The van der Waals surface area contributed by atoms with Gasteiger partial charge in [-0.1, -0.05) is 12.1 Å².